The zero-order chi connectivity index (χ0) is 14.3. The molecule has 1 aromatic rings. The molecule has 0 atom stereocenters. The second kappa shape index (κ2) is 4.31. The van der Waals surface area contributed by atoms with Gasteiger partial charge in [-0.05, 0) is 6.42 Å². The van der Waals surface area contributed by atoms with Gasteiger partial charge in [0.15, 0.2) is 23.0 Å². The lowest BCUT2D eigenvalue weighted by atomic mass is 9.88. The molecule has 1 aliphatic carbocycles. The van der Waals surface area contributed by atoms with Gasteiger partial charge in [-0.15, -0.1) is 0 Å². The molecule has 6 nitrogen and oxygen atoms in total. The van der Waals surface area contributed by atoms with Gasteiger partial charge in [0, 0.05) is 11.6 Å². The van der Waals surface area contributed by atoms with E-state index in [1.165, 1.54) is 7.11 Å². The molecule has 0 bridgehead atoms. The van der Waals surface area contributed by atoms with Gasteiger partial charge in [0.25, 0.3) is 0 Å². The van der Waals surface area contributed by atoms with Gasteiger partial charge in [0.2, 0.25) is 5.78 Å². The molecule has 6 heteroatoms. The van der Waals surface area contributed by atoms with Gasteiger partial charge < -0.3 is 20.1 Å². The first-order valence-electron chi connectivity index (χ1n) is 5.58. The Balaban J connectivity index is 2.85. The van der Waals surface area contributed by atoms with Gasteiger partial charge in [-0.2, -0.15) is 0 Å². The number of fused-ring (bicyclic) bond motifs is 1. The predicted molar refractivity (Wildman–Crippen MR) is 64.6 cm³/mol. The minimum absolute atomic E-state index is 0.0201. The minimum Gasteiger partial charge on any atom is -0.507 e. The van der Waals surface area contributed by atoms with E-state index in [1.807, 2.05) is 0 Å². The smallest absolute Gasteiger partial charge is 0.232 e. The fourth-order valence-electron chi connectivity index (χ4n) is 2.09. The summed E-state index contributed by atoms with van der Waals surface area (Å²) in [6, 6.07) is 0. The van der Waals surface area contributed by atoms with E-state index < -0.39 is 34.4 Å². The molecule has 0 amide bonds. The molecular formula is C13H12O6. The van der Waals surface area contributed by atoms with Crippen LogP contribution in [0.25, 0.3) is 0 Å². The van der Waals surface area contributed by atoms with Gasteiger partial charge in [-0.3, -0.25) is 9.59 Å². The summed E-state index contributed by atoms with van der Waals surface area (Å²) in [4.78, 5) is 23.9. The summed E-state index contributed by atoms with van der Waals surface area (Å²) in [5, 5.41) is 29.6. The van der Waals surface area contributed by atoms with Crippen molar-refractivity contribution in [1.82, 2.24) is 0 Å². The molecule has 0 heterocycles. The SMILES string of the molecule is CCc1c(O)c(O)c2c(c1O)C(=O)C=C(OC)C2=O. The third kappa shape index (κ3) is 1.64. The number of hydrogen-bond donors (Lipinski definition) is 3. The number of methoxy groups -OCH3 is 1. The summed E-state index contributed by atoms with van der Waals surface area (Å²) in [7, 11) is 1.21. The number of phenolic OH excluding ortho intramolecular Hbond substituents is 3. The van der Waals surface area contributed by atoms with Crippen molar-refractivity contribution in [3.05, 3.63) is 28.5 Å². The number of allylic oxidation sites excluding steroid dienone is 2. The molecule has 0 saturated heterocycles. The highest BCUT2D eigenvalue weighted by atomic mass is 16.5. The average Bonchev–Trinajstić information content (AvgIpc) is 2.38. The summed E-state index contributed by atoms with van der Waals surface area (Å²) < 4.78 is 4.74. The fourth-order valence-corrected chi connectivity index (χ4v) is 2.09. The molecule has 3 N–H and O–H groups in total. The first-order chi connectivity index (χ1) is 8.93. The van der Waals surface area contributed by atoms with Crippen molar-refractivity contribution < 1.29 is 29.6 Å². The van der Waals surface area contributed by atoms with Crippen LogP contribution in [-0.4, -0.2) is 34.0 Å². The molecular weight excluding hydrogens is 252 g/mol. The number of carbonyl (C=O) groups is 2. The number of phenols is 3. The normalized spacial score (nSPS) is 14.1. The van der Waals surface area contributed by atoms with Crippen LogP contribution >= 0.6 is 0 Å². The number of ketones is 2. The minimum atomic E-state index is -0.761. The first-order valence-corrected chi connectivity index (χ1v) is 5.58. The molecule has 0 unspecified atom stereocenters. The van der Waals surface area contributed by atoms with Gasteiger partial charge in [0.1, 0.15) is 5.75 Å². The van der Waals surface area contributed by atoms with Crippen LogP contribution in [0.2, 0.25) is 0 Å². The van der Waals surface area contributed by atoms with Gasteiger partial charge in [-0.25, -0.2) is 0 Å². The Morgan fingerprint density at radius 2 is 1.68 bits per heavy atom. The Morgan fingerprint density at radius 1 is 1.05 bits per heavy atom. The van der Waals surface area contributed by atoms with E-state index in [9.17, 15) is 24.9 Å². The third-order valence-electron chi connectivity index (χ3n) is 3.05. The quantitative estimate of drug-likeness (QED) is 0.549. The Bertz CT molecular complexity index is 627. The Hall–Kier alpha value is -2.50. The molecule has 2 rings (SSSR count). The van der Waals surface area contributed by atoms with Crippen molar-refractivity contribution in [1.29, 1.82) is 0 Å². The Kier molecular flexibility index (Phi) is 2.94. The monoisotopic (exact) mass is 264 g/mol. The molecule has 0 saturated carbocycles. The van der Waals surface area contributed by atoms with E-state index in [0.29, 0.717) is 0 Å². The molecule has 0 aromatic heterocycles. The summed E-state index contributed by atoms with van der Waals surface area (Å²) >= 11 is 0. The van der Waals surface area contributed by atoms with Crippen LogP contribution in [0.3, 0.4) is 0 Å². The molecule has 0 spiro atoms. The van der Waals surface area contributed by atoms with E-state index in [4.69, 9.17) is 4.74 Å². The topological polar surface area (TPSA) is 104 Å². The van der Waals surface area contributed by atoms with Crippen molar-refractivity contribution in [3.8, 4) is 17.2 Å². The maximum atomic E-state index is 12.0. The lowest BCUT2D eigenvalue weighted by molar-refractivity contribution is 0.0911. The van der Waals surface area contributed by atoms with Crippen molar-refractivity contribution in [2.45, 2.75) is 13.3 Å². The van der Waals surface area contributed by atoms with Gasteiger partial charge in [-0.1, -0.05) is 6.92 Å². The van der Waals surface area contributed by atoms with Crippen LogP contribution < -0.4 is 0 Å². The predicted octanol–water partition coefficient (Wildman–Crippen LogP) is 1.28. The maximum absolute atomic E-state index is 12.0. The summed E-state index contributed by atoms with van der Waals surface area (Å²) in [5.74, 6) is -3.48. The largest absolute Gasteiger partial charge is 0.507 e. The summed E-state index contributed by atoms with van der Waals surface area (Å²) in [5.41, 5.74) is -0.721. The zero-order valence-electron chi connectivity index (χ0n) is 10.4. The highest BCUT2D eigenvalue weighted by Crippen LogP contribution is 2.45. The van der Waals surface area contributed by atoms with Crippen molar-refractivity contribution in [2.75, 3.05) is 7.11 Å². The number of aromatic hydroxyl groups is 3. The lowest BCUT2D eigenvalue weighted by Gasteiger charge is -2.19. The number of rotatable bonds is 2. The van der Waals surface area contributed by atoms with Crippen LogP contribution in [0.15, 0.2) is 11.8 Å². The van der Waals surface area contributed by atoms with Crippen LogP contribution in [0.4, 0.5) is 0 Å². The Labute approximate surface area is 108 Å². The molecule has 100 valence electrons. The number of carbonyl (C=O) groups excluding carboxylic acids is 2. The van der Waals surface area contributed by atoms with Crippen LogP contribution in [0.5, 0.6) is 17.2 Å². The second-order valence-electron chi connectivity index (χ2n) is 4.03. The van der Waals surface area contributed by atoms with Crippen LogP contribution in [0, 0.1) is 0 Å². The van der Waals surface area contributed by atoms with E-state index in [-0.39, 0.29) is 23.3 Å². The third-order valence-corrected chi connectivity index (χ3v) is 3.05. The number of benzene rings is 1. The van der Waals surface area contributed by atoms with E-state index in [0.717, 1.165) is 6.08 Å². The van der Waals surface area contributed by atoms with E-state index in [1.54, 1.807) is 6.92 Å². The number of ether oxygens (including phenoxy) is 1. The second-order valence-corrected chi connectivity index (χ2v) is 4.03. The first kappa shape index (κ1) is 12.9. The van der Waals surface area contributed by atoms with Crippen molar-refractivity contribution >= 4 is 11.6 Å². The molecule has 1 aliphatic rings. The molecule has 0 aliphatic heterocycles. The molecule has 19 heavy (non-hydrogen) atoms. The van der Waals surface area contributed by atoms with E-state index >= 15 is 0 Å². The average molecular weight is 264 g/mol. The van der Waals surface area contributed by atoms with Crippen molar-refractivity contribution in [3.63, 3.8) is 0 Å². The number of hydrogen-bond acceptors (Lipinski definition) is 6. The van der Waals surface area contributed by atoms with Crippen molar-refractivity contribution in [2.24, 2.45) is 0 Å². The maximum Gasteiger partial charge on any atom is 0.232 e. The number of Topliss-reactive ketones (excluding diaryl/α,β-unsaturated/α-hetero) is 1. The highest BCUT2D eigenvalue weighted by molar-refractivity contribution is 6.26. The zero-order valence-corrected chi connectivity index (χ0v) is 10.4. The lowest BCUT2D eigenvalue weighted by Crippen LogP contribution is -2.19. The van der Waals surface area contributed by atoms with Crippen LogP contribution in [0.1, 0.15) is 33.2 Å². The highest BCUT2D eigenvalue weighted by Gasteiger charge is 2.35. The molecule has 1 aromatic carbocycles. The van der Waals surface area contributed by atoms with Crippen LogP contribution in [-0.2, 0) is 11.2 Å². The van der Waals surface area contributed by atoms with E-state index in [2.05, 4.69) is 0 Å². The molecule has 0 radical (unpaired) electrons. The van der Waals surface area contributed by atoms with Gasteiger partial charge in [0.05, 0.1) is 18.2 Å². The summed E-state index contributed by atoms with van der Waals surface area (Å²) in [6.45, 7) is 1.63. The van der Waals surface area contributed by atoms with Gasteiger partial charge >= 0.3 is 0 Å². The Morgan fingerprint density at radius 3 is 2.21 bits per heavy atom. The summed E-state index contributed by atoms with van der Waals surface area (Å²) in [6.07, 6.45) is 1.14. The standard InChI is InChI=1S/C13H12O6/c1-3-5-10(15)8-6(14)4-7(19-2)12(17)9(8)13(18)11(5)16/h4,15-16,18H,3H2,1-2H3. The molecule has 0 fully saturated rings. The fraction of sp³-hybridized carbons (Fsp3) is 0.231.